The molecule has 0 unspecified atom stereocenters. The van der Waals surface area contributed by atoms with Gasteiger partial charge in [0.2, 0.25) is 0 Å². The van der Waals surface area contributed by atoms with E-state index in [-0.39, 0.29) is 49.0 Å². The van der Waals surface area contributed by atoms with Gasteiger partial charge in [0.15, 0.2) is 0 Å². The van der Waals surface area contributed by atoms with E-state index in [1.807, 2.05) is 69.2 Å². The fourth-order valence-corrected chi connectivity index (χ4v) is 13.1. The van der Waals surface area contributed by atoms with E-state index in [1.54, 1.807) is 0 Å². The Bertz CT molecular complexity index is 3720. The van der Waals surface area contributed by atoms with Crippen molar-refractivity contribution in [2.45, 2.75) is 317 Å². The number of nitrogens with one attached hydrogen (secondary N) is 2. The van der Waals surface area contributed by atoms with Crippen molar-refractivity contribution in [3.8, 4) is 0 Å². The van der Waals surface area contributed by atoms with Crippen LogP contribution in [-0.2, 0) is 27.1 Å². The van der Waals surface area contributed by atoms with Gasteiger partial charge in [0.1, 0.15) is 5.69 Å². The van der Waals surface area contributed by atoms with Crippen molar-refractivity contribution in [3.63, 3.8) is 0 Å². The molecule has 516 valence electrons. The number of rotatable bonds is 0. The molecule has 0 radical (unpaired) electrons. The van der Waals surface area contributed by atoms with Gasteiger partial charge in [0.05, 0.1) is 28.5 Å². The Labute approximate surface area is 569 Å². The third-order valence-electron chi connectivity index (χ3n) is 17.5. The van der Waals surface area contributed by atoms with Gasteiger partial charge in [-0.05, 0) is 244 Å². The van der Waals surface area contributed by atoms with Crippen LogP contribution in [0.2, 0.25) is 0 Å². The second kappa shape index (κ2) is 32.4. The Morgan fingerprint density at radius 1 is 0.355 bits per heavy atom. The van der Waals surface area contributed by atoms with E-state index in [0.29, 0.717) is 5.69 Å². The summed E-state index contributed by atoms with van der Waals surface area (Å²) in [5, 5.41) is 0. The molecule has 0 spiro atoms. The van der Waals surface area contributed by atoms with E-state index in [4.69, 9.17) is 0 Å². The van der Waals surface area contributed by atoms with E-state index in [2.05, 4.69) is 275 Å². The smallest absolute Gasteiger partial charge is 0.270 e. The highest BCUT2D eigenvalue weighted by atomic mass is 16.1. The molecule has 5 aromatic rings. The molecule has 7 rings (SSSR count). The zero-order valence-electron chi connectivity index (χ0n) is 67.2. The molecule has 2 aliphatic rings. The fourth-order valence-electron chi connectivity index (χ4n) is 13.1. The van der Waals surface area contributed by atoms with Gasteiger partial charge in [0.25, 0.3) is 11.1 Å². The Morgan fingerprint density at radius 3 is 1.19 bits per heavy atom. The summed E-state index contributed by atoms with van der Waals surface area (Å²) in [6, 6.07) is 4.54. The Morgan fingerprint density at radius 2 is 0.774 bits per heavy atom. The lowest BCUT2D eigenvalue weighted by atomic mass is 9.75. The highest BCUT2D eigenvalue weighted by Crippen LogP contribution is 2.40. The van der Waals surface area contributed by atoms with Crippen LogP contribution in [0.3, 0.4) is 0 Å². The average molecular weight is 1270 g/mol. The van der Waals surface area contributed by atoms with Crippen molar-refractivity contribution in [3.05, 3.63) is 215 Å². The number of benzene rings is 1. The fraction of sp³-hybridized carbons (Fsp3) is 0.576. The van der Waals surface area contributed by atoms with Gasteiger partial charge in [0, 0.05) is 39.2 Å². The lowest BCUT2D eigenvalue weighted by molar-refractivity contribution is 0.503. The Kier molecular flexibility index (Phi) is 29.6. The average Bonchev–Trinajstić information content (AvgIpc) is 0.826. The lowest BCUT2D eigenvalue weighted by Gasteiger charge is -2.30. The van der Waals surface area contributed by atoms with Gasteiger partial charge in [-0.2, -0.15) is 0 Å². The number of allylic oxidation sites excluding steroid dienone is 10. The predicted octanol–water partition coefficient (Wildman–Crippen LogP) is 23.0. The maximum absolute atomic E-state index is 11.8. The van der Waals surface area contributed by atoms with Crippen LogP contribution in [0.4, 0.5) is 0 Å². The number of hydrogen-bond donors (Lipinski definition) is 2. The molecule has 2 aliphatic carbocycles. The maximum atomic E-state index is 11.8. The van der Waals surface area contributed by atoms with Crippen LogP contribution >= 0.6 is 0 Å². The molecule has 0 fully saturated rings. The van der Waals surface area contributed by atoms with E-state index in [0.717, 1.165) is 69.5 Å². The highest BCUT2D eigenvalue weighted by molar-refractivity contribution is 5.49. The quantitative estimate of drug-likeness (QED) is 0.160. The molecule has 2 N–H and O–H groups in total. The molecule has 0 bridgehead atoms. The number of hydrogen-bond acceptors (Lipinski definition) is 6. The second-order valence-electron chi connectivity index (χ2n) is 34.2. The molecule has 0 saturated carbocycles. The van der Waals surface area contributed by atoms with Crippen molar-refractivity contribution in [1.29, 1.82) is 0 Å². The van der Waals surface area contributed by atoms with Crippen molar-refractivity contribution in [2.24, 2.45) is 10.8 Å². The topological polar surface area (TPSA) is 117 Å². The summed E-state index contributed by atoms with van der Waals surface area (Å²) in [5.74, 6) is 0. The molecule has 8 nitrogen and oxygen atoms in total. The molecular formula is C85H134N6O2. The van der Waals surface area contributed by atoms with Crippen molar-refractivity contribution < 1.29 is 0 Å². The minimum absolute atomic E-state index is 0.0538. The first-order valence-electron chi connectivity index (χ1n) is 33.9. The maximum Gasteiger partial charge on any atom is 0.270 e. The first-order chi connectivity index (χ1) is 41.6. The molecule has 4 aromatic heterocycles. The number of aromatic nitrogens is 6. The molecule has 93 heavy (non-hydrogen) atoms. The standard InChI is InChI=1S/C13H21N.3C13H20.C12H19NO.C11H18N2.C10H16N2O/c1-8-9(2)12(13(5,6)7)11(4)14-10(8)3;1-9-7-11(3)12(8-10(9)2)13(4,5)6;2*1-9-7-10(2)12(11(3)8-9)13(4,5)6;1-7-8(2)10(12(4,5)6)11(14)13-9(7)3;1-7-8(2)13-10(9(3)12-7)11(4,5)6;1-6-7(2)12-9(13)8(11-6)10(3,4)5/h1-7H3;8H,3,7H2,1-2,4-6H3;7-8H,1-6H3;8H,2,7H2,1,3-6H3;1-6H3,(H,13,14);1-6H3;1-5H3,(H,12,13). The van der Waals surface area contributed by atoms with Gasteiger partial charge < -0.3 is 9.97 Å². The van der Waals surface area contributed by atoms with Gasteiger partial charge in [-0.1, -0.05) is 205 Å². The molecule has 4 heterocycles. The zero-order valence-corrected chi connectivity index (χ0v) is 67.2. The molecule has 0 atom stereocenters. The largest absolute Gasteiger partial charge is 0.326 e. The van der Waals surface area contributed by atoms with E-state index in [9.17, 15) is 9.59 Å². The minimum Gasteiger partial charge on any atom is -0.326 e. The van der Waals surface area contributed by atoms with E-state index < -0.39 is 0 Å². The monoisotopic (exact) mass is 1270 g/mol. The molecular weight excluding hydrogens is 1140 g/mol. The van der Waals surface area contributed by atoms with Crippen molar-refractivity contribution in [2.75, 3.05) is 0 Å². The van der Waals surface area contributed by atoms with Gasteiger partial charge in [-0.25, -0.2) is 0 Å². The predicted molar refractivity (Wildman–Crippen MR) is 409 cm³/mol. The summed E-state index contributed by atoms with van der Waals surface area (Å²) in [7, 11) is 0. The summed E-state index contributed by atoms with van der Waals surface area (Å²) in [5.41, 5.74) is 34.8. The molecule has 1 aromatic carbocycles. The lowest BCUT2D eigenvalue weighted by Crippen LogP contribution is -2.27. The van der Waals surface area contributed by atoms with Gasteiger partial charge in [-0.15, -0.1) is 0 Å². The second-order valence-corrected chi connectivity index (χ2v) is 34.2. The Hall–Kier alpha value is -6.28. The van der Waals surface area contributed by atoms with Gasteiger partial charge in [-0.3, -0.25) is 29.5 Å². The number of aromatic amines is 2. The number of aryl methyl sites for hydroxylation is 11. The third kappa shape index (κ3) is 24.8. The summed E-state index contributed by atoms with van der Waals surface area (Å²) < 4.78 is 0. The molecule has 0 saturated heterocycles. The van der Waals surface area contributed by atoms with E-state index >= 15 is 0 Å². The first kappa shape index (κ1) is 84.7. The van der Waals surface area contributed by atoms with Gasteiger partial charge >= 0.3 is 0 Å². The molecule has 0 amide bonds. The summed E-state index contributed by atoms with van der Waals surface area (Å²) in [6.45, 7) is 93.8. The third-order valence-corrected chi connectivity index (χ3v) is 17.5. The van der Waals surface area contributed by atoms with Crippen LogP contribution < -0.4 is 11.1 Å². The van der Waals surface area contributed by atoms with Crippen molar-refractivity contribution in [1.82, 2.24) is 29.9 Å². The molecule has 0 aliphatic heterocycles. The molecule has 8 heteroatoms. The van der Waals surface area contributed by atoms with Crippen LogP contribution in [0.25, 0.3) is 0 Å². The summed E-state index contributed by atoms with van der Waals surface area (Å²) in [6.07, 6.45) is 6.68. The summed E-state index contributed by atoms with van der Waals surface area (Å²) >= 11 is 0. The van der Waals surface area contributed by atoms with E-state index in [1.165, 1.54) is 94.8 Å². The minimum atomic E-state index is -0.188. The zero-order chi connectivity index (χ0) is 73.3. The number of nitrogens with zero attached hydrogens (tertiary/aromatic N) is 4. The van der Waals surface area contributed by atoms with Crippen molar-refractivity contribution >= 4 is 0 Å². The normalized spacial score (nSPS) is 13.9. The first-order valence-corrected chi connectivity index (χ1v) is 33.9. The SMILES string of the molecule is C=C1CC(C)=C(C)C=C1C(C)(C)C.C=C1CC(C)=CC(C)=C1C(C)(C)C.Cc1[nH]c(=O)c(C(C)(C)C)c(C)c1C.Cc1cc(C)c(C(C)(C)C)c(C)c1.Cc1nc(C(C)(C)C)c(=O)[nH]c1C.Cc1nc(C)c(C(C)(C)C)c(C)c1C.Cc1nc(C)c(C(C)(C)C)nc1C. The van der Waals surface area contributed by atoms with Crippen LogP contribution in [0, 0.1) is 115 Å². The van der Waals surface area contributed by atoms with Crippen LogP contribution in [0.1, 0.15) is 299 Å². The number of pyridine rings is 2. The Balaban J connectivity index is 0.000000543. The van der Waals surface area contributed by atoms with Crippen LogP contribution in [0.15, 0.2) is 91.6 Å². The summed E-state index contributed by atoms with van der Waals surface area (Å²) in [4.78, 5) is 47.0. The van der Waals surface area contributed by atoms with Crippen LogP contribution in [0.5, 0.6) is 0 Å². The highest BCUT2D eigenvalue weighted by Gasteiger charge is 2.27. The number of H-pyrrole nitrogens is 2. The van der Waals surface area contributed by atoms with Crippen LogP contribution in [-0.4, -0.2) is 29.9 Å².